The highest BCUT2D eigenvalue weighted by Gasteiger charge is 2.30. The van der Waals surface area contributed by atoms with E-state index in [9.17, 15) is 13.2 Å². The number of carbonyl (C=O) groups is 1. The fraction of sp³-hybridized carbons (Fsp3) is 0.615. The van der Waals surface area contributed by atoms with Crippen molar-refractivity contribution in [3.63, 3.8) is 0 Å². The highest BCUT2D eigenvalue weighted by atomic mass is 32.2. The van der Waals surface area contributed by atoms with Gasteiger partial charge in [-0.15, -0.1) is 0 Å². The molecule has 6 nitrogen and oxygen atoms in total. The largest absolute Gasteiger partial charge is 0.477 e. The Labute approximate surface area is 119 Å². The van der Waals surface area contributed by atoms with Gasteiger partial charge < -0.3 is 9.67 Å². The number of carboxylic acids is 1. The normalized spacial score (nSPS) is 17.9. The van der Waals surface area contributed by atoms with Gasteiger partial charge in [0.15, 0.2) is 0 Å². The molecular formula is C13H20N2O4S. The van der Waals surface area contributed by atoms with E-state index >= 15 is 0 Å². The second kappa shape index (κ2) is 5.57. The molecule has 0 amide bonds. The van der Waals surface area contributed by atoms with Crippen molar-refractivity contribution in [2.45, 2.75) is 37.5 Å². The number of aromatic nitrogens is 1. The van der Waals surface area contributed by atoms with Crippen LogP contribution in [0.1, 0.15) is 41.9 Å². The van der Waals surface area contributed by atoms with Crippen molar-refractivity contribution in [3.05, 3.63) is 17.5 Å². The minimum Gasteiger partial charge on any atom is -0.477 e. The summed E-state index contributed by atoms with van der Waals surface area (Å²) in [7, 11) is -2.03. The lowest BCUT2D eigenvalue weighted by molar-refractivity contribution is 0.0686. The first-order chi connectivity index (χ1) is 9.35. The molecule has 0 atom stereocenters. The van der Waals surface area contributed by atoms with Crippen LogP contribution in [-0.2, 0) is 17.1 Å². The van der Waals surface area contributed by atoms with Crippen LogP contribution < -0.4 is 0 Å². The van der Waals surface area contributed by atoms with Crippen LogP contribution in [0.5, 0.6) is 0 Å². The van der Waals surface area contributed by atoms with Gasteiger partial charge in [0.2, 0.25) is 10.0 Å². The average molecular weight is 300 g/mol. The van der Waals surface area contributed by atoms with E-state index in [2.05, 4.69) is 0 Å². The monoisotopic (exact) mass is 300 g/mol. The van der Waals surface area contributed by atoms with E-state index in [0.29, 0.717) is 18.8 Å². The molecule has 1 aliphatic rings. The van der Waals surface area contributed by atoms with Crippen LogP contribution in [-0.4, -0.2) is 41.5 Å². The van der Waals surface area contributed by atoms with Gasteiger partial charge in [0.1, 0.15) is 10.6 Å². The Kier molecular flexibility index (Phi) is 4.19. The summed E-state index contributed by atoms with van der Waals surface area (Å²) in [5, 5.41) is 9.10. The lowest BCUT2D eigenvalue weighted by atomic mass is 10.2. The number of carboxylic acid groups (broad SMARTS) is 1. The molecule has 0 aliphatic carbocycles. The Morgan fingerprint density at radius 1 is 1.20 bits per heavy atom. The molecule has 1 N–H and O–H groups in total. The van der Waals surface area contributed by atoms with Crippen molar-refractivity contribution in [2.75, 3.05) is 13.1 Å². The van der Waals surface area contributed by atoms with Gasteiger partial charge in [-0.3, -0.25) is 0 Å². The van der Waals surface area contributed by atoms with Crippen molar-refractivity contribution < 1.29 is 18.3 Å². The van der Waals surface area contributed by atoms with Gasteiger partial charge in [-0.2, -0.15) is 4.31 Å². The highest BCUT2D eigenvalue weighted by Crippen LogP contribution is 2.25. The van der Waals surface area contributed by atoms with Crippen LogP contribution >= 0.6 is 0 Å². The number of rotatable bonds is 3. The van der Waals surface area contributed by atoms with E-state index in [1.165, 1.54) is 14.9 Å². The summed E-state index contributed by atoms with van der Waals surface area (Å²) in [5.41, 5.74) is 0.461. The number of hydrogen-bond donors (Lipinski definition) is 1. The molecule has 0 spiro atoms. The van der Waals surface area contributed by atoms with E-state index < -0.39 is 16.0 Å². The van der Waals surface area contributed by atoms with Gasteiger partial charge in [0, 0.05) is 25.8 Å². The molecule has 0 bridgehead atoms. The van der Waals surface area contributed by atoms with E-state index in [4.69, 9.17) is 5.11 Å². The van der Waals surface area contributed by atoms with Crippen molar-refractivity contribution in [2.24, 2.45) is 7.05 Å². The summed E-state index contributed by atoms with van der Waals surface area (Å²) in [4.78, 5) is 11.2. The fourth-order valence-electron chi connectivity index (χ4n) is 2.56. The summed E-state index contributed by atoms with van der Waals surface area (Å²) < 4.78 is 28.2. The lowest BCUT2D eigenvalue weighted by Gasteiger charge is -2.19. The number of sulfonamides is 1. The van der Waals surface area contributed by atoms with Crippen LogP contribution in [0.2, 0.25) is 0 Å². The Balaban J connectivity index is 2.43. The summed E-state index contributed by atoms with van der Waals surface area (Å²) in [6, 6.07) is 1.26. The minimum atomic E-state index is -3.60. The predicted octanol–water partition coefficient (Wildman–Crippen LogP) is 1.60. The smallest absolute Gasteiger partial charge is 0.352 e. The predicted molar refractivity (Wildman–Crippen MR) is 74.3 cm³/mol. The van der Waals surface area contributed by atoms with Gasteiger partial charge >= 0.3 is 5.97 Å². The third-order valence-corrected chi connectivity index (χ3v) is 5.90. The summed E-state index contributed by atoms with van der Waals surface area (Å²) in [6.07, 6.45) is 3.80. The van der Waals surface area contributed by atoms with Crippen LogP contribution in [0.15, 0.2) is 11.0 Å². The highest BCUT2D eigenvalue weighted by molar-refractivity contribution is 7.89. The van der Waals surface area contributed by atoms with Crippen molar-refractivity contribution in [1.82, 2.24) is 8.87 Å². The molecular weight excluding hydrogens is 280 g/mol. The Morgan fingerprint density at radius 2 is 1.75 bits per heavy atom. The molecule has 1 saturated heterocycles. The van der Waals surface area contributed by atoms with Gasteiger partial charge in [-0.05, 0) is 25.8 Å². The SMILES string of the molecule is Cc1c(S(=O)(=O)N2CCCCCC2)cc(C(=O)O)n1C. The second-order valence-corrected chi connectivity index (χ2v) is 7.07. The lowest BCUT2D eigenvalue weighted by Crippen LogP contribution is -2.32. The van der Waals surface area contributed by atoms with Crippen LogP contribution in [0.4, 0.5) is 0 Å². The van der Waals surface area contributed by atoms with Gasteiger partial charge in [0.05, 0.1) is 0 Å². The fourth-order valence-corrected chi connectivity index (χ4v) is 4.35. The Morgan fingerprint density at radius 3 is 2.20 bits per heavy atom. The summed E-state index contributed by atoms with van der Waals surface area (Å²) in [6.45, 7) is 2.66. The van der Waals surface area contributed by atoms with Crippen molar-refractivity contribution in [3.8, 4) is 0 Å². The molecule has 7 heteroatoms. The molecule has 1 aromatic rings. The van der Waals surface area contributed by atoms with E-state index in [1.807, 2.05) is 0 Å². The third kappa shape index (κ3) is 2.60. The molecule has 0 saturated carbocycles. The van der Waals surface area contributed by atoms with Gasteiger partial charge in [-0.1, -0.05) is 12.8 Å². The van der Waals surface area contributed by atoms with Crippen molar-refractivity contribution >= 4 is 16.0 Å². The maximum atomic E-state index is 12.7. The maximum Gasteiger partial charge on any atom is 0.352 e. The zero-order valence-electron chi connectivity index (χ0n) is 11.8. The molecule has 1 aliphatic heterocycles. The third-order valence-electron chi connectivity index (χ3n) is 3.89. The summed E-state index contributed by atoms with van der Waals surface area (Å²) >= 11 is 0. The molecule has 0 aromatic carbocycles. The summed E-state index contributed by atoms with van der Waals surface area (Å²) in [5.74, 6) is -1.12. The maximum absolute atomic E-state index is 12.7. The Hall–Kier alpha value is -1.34. The van der Waals surface area contributed by atoms with E-state index in [-0.39, 0.29) is 10.6 Å². The average Bonchev–Trinajstić information content (AvgIpc) is 2.60. The van der Waals surface area contributed by atoms with Gasteiger partial charge in [0.25, 0.3) is 0 Å². The molecule has 112 valence electrons. The first-order valence-corrected chi connectivity index (χ1v) is 8.19. The van der Waals surface area contributed by atoms with Gasteiger partial charge in [-0.25, -0.2) is 13.2 Å². The molecule has 1 aromatic heterocycles. The van der Waals surface area contributed by atoms with Crippen molar-refractivity contribution in [1.29, 1.82) is 0 Å². The molecule has 1 fully saturated rings. The quantitative estimate of drug-likeness (QED) is 0.919. The van der Waals surface area contributed by atoms with Crippen LogP contribution in [0.25, 0.3) is 0 Å². The first kappa shape index (κ1) is 15.1. The second-order valence-electron chi connectivity index (χ2n) is 5.16. The first-order valence-electron chi connectivity index (χ1n) is 6.75. The zero-order chi connectivity index (χ0) is 14.9. The topological polar surface area (TPSA) is 79.6 Å². The number of aromatic carboxylic acids is 1. The molecule has 2 rings (SSSR count). The van der Waals surface area contributed by atoms with E-state index in [0.717, 1.165) is 25.7 Å². The molecule has 20 heavy (non-hydrogen) atoms. The minimum absolute atomic E-state index is 0.00380. The molecule has 0 radical (unpaired) electrons. The van der Waals surface area contributed by atoms with E-state index in [1.54, 1.807) is 14.0 Å². The molecule has 0 unspecified atom stereocenters. The zero-order valence-corrected chi connectivity index (χ0v) is 12.6. The molecule has 2 heterocycles. The number of hydrogen-bond acceptors (Lipinski definition) is 3. The standard InChI is InChI=1S/C13H20N2O4S/c1-10-12(9-11(13(16)17)14(10)2)20(18,19)15-7-5-3-4-6-8-15/h9H,3-8H2,1-2H3,(H,16,17). The Bertz CT molecular complexity index is 611. The number of nitrogens with zero attached hydrogens (tertiary/aromatic N) is 2. The van der Waals surface area contributed by atoms with Crippen LogP contribution in [0, 0.1) is 6.92 Å². The van der Waals surface area contributed by atoms with Crippen LogP contribution in [0.3, 0.4) is 0 Å².